The Labute approximate surface area is 229 Å². The van der Waals surface area contributed by atoms with Crippen LogP contribution in [0.5, 0.6) is 0 Å². The maximum atomic E-state index is 13.3. The molecule has 0 aromatic heterocycles. The van der Waals surface area contributed by atoms with Crippen LogP contribution < -0.4 is 27.0 Å². The summed E-state index contributed by atoms with van der Waals surface area (Å²) in [6.45, 7) is 3.25. The lowest BCUT2D eigenvalue weighted by molar-refractivity contribution is -0.148. The van der Waals surface area contributed by atoms with E-state index in [2.05, 4.69) is 16.0 Å². The summed E-state index contributed by atoms with van der Waals surface area (Å²) in [6, 6.07) is 2.33. The lowest BCUT2D eigenvalue weighted by Gasteiger charge is -2.26. The number of carbonyl (C=O) groups excluding carboxylic acids is 4. The average Bonchev–Trinajstić information content (AvgIpc) is 2.86. The van der Waals surface area contributed by atoms with Crippen molar-refractivity contribution in [3.05, 3.63) is 35.9 Å². The van der Waals surface area contributed by atoms with Crippen molar-refractivity contribution < 1.29 is 48.9 Å². The summed E-state index contributed by atoms with van der Waals surface area (Å²) in [6.07, 6.45) is -1.84. The molecule has 4 atom stereocenters. The first-order valence-electron chi connectivity index (χ1n) is 12.3. The predicted molar refractivity (Wildman–Crippen MR) is 139 cm³/mol. The van der Waals surface area contributed by atoms with Crippen LogP contribution in [0.3, 0.4) is 0 Å². The summed E-state index contributed by atoms with van der Waals surface area (Å²) in [5, 5.41) is 36.5. The molecule has 0 aliphatic carbocycles. The first-order chi connectivity index (χ1) is 18.7. The van der Waals surface area contributed by atoms with E-state index >= 15 is 0 Å². The highest BCUT2D eigenvalue weighted by atomic mass is 16.4. The molecule has 0 spiro atoms. The van der Waals surface area contributed by atoms with Crippen LogP contribution in [0.4, 0.5) is 0 Å². The fourth-order valence-electron chi connectivity index (χ4n) is 3.59. The van der Waals surface area contributed by atoms with Crippen molar-refractivity contribution in [3.8, 4) is 0 Å². The predicted octanol–water partition coefficient (Wildman–Crippen LogP) is -1.79. The highest BCUT2D eigenvalue weighted by Gasteiger charge is 2.33. The molecule has 0 saturated heterocycles. The van der Waals surface area contributed by atoms with E-state index < -0.39 is 78.5 Å². The second-order valence-electron chi connectivity index (χ2n) is 9.36. The molecule has 0 unspecified atom stereocenters. The Morgan fingerprint density at radius 3 is 1.68 bits per heavy atom. The van der Waals surface area contributed by atoms with Crippen molar-refractivity contribution in [1.82, 2.24) is 21.3 Å². The maximum absolute atomic E-state index is 13.3. The number of carboxylic acids is 3. The second-order valence-corrected chi connectivity index (χ2v) is 9.36. The number of nitrogens with one attached hydrogen (secondary N) is 4. The third-order valence-electron chi connectivity index (χ3n) is 5.46. The monoisotopic (exact) mass is 565 g/mol. The van der Waals surface area contributed by atoms with Crippen molar-refractivity contribution in [1.29, 1.82) is 0 Å². The highest BCUT2D eigenvalue weighted by molar-refractivity contribution is 5.96. The average molecular weight is 566 g/mol. The van der Waals surface area contributed by atoms with Gasteiger partial charge >= 0.3 is 17.9 Å². The third kappa shape index (κ3) is 12.3. The van der Waals surface area contributed by atoms with E-state index in [4.69, 9.17) is 10.8 Å². The molecule has 1 aromatic rings. The van der Waals surface area contributed by atoms with Gasteiger partial charge in [0.1, 0.15) is 24.2 Å². The SMILES string of the molecule is CC(C)C[C@H](NC(=O)CN)C(=O)N[C@@H](Cc1ccccc1)C(=O)N[C@@H](CC(=O)O)C(=O)N[C@@H](CC(=O)O)C(=O)O. The van der Waals surface area contributed by atoms with E-state index in [1.54, 1.807) is 30.3 Å². The van der Waals surface area contributed by atoms with Gasteiger partial charge in [0.25, 0.3) is 0 Å². The minimum Gasteiger partial charge on any atom is -0.481 e. The maximum Gasteiger partial charge on any atom is 0.326 e. The van der Waals surface area contributed by atoms with Gasteiger partial charge in [-0.15, -0.1) is 0 Å². The molecule has 9 N–H and O–H groups in total. The summed E-state index contributed by atoms with van der Waals surface area (Å²) in [5.74, 6) is -8.31. The number of rotatable bonds is 17. The largest absolute Gasteiger partial charge is 0.481 e. The third-order valence-corrected chi connectivity index (χ3v) is 5.46. The molecule has 15 nitrogen and oxygen atoms in total. The molecule has 0 aliphatic rings. The molecule has 0 aliphatic heterocycles. The van der Waals surface area contributed by atoms with Crippen molar-refractivity contribution in [2.24, 2.45) is 11.7 Å². The minimum absolute atomic E-state index is 0.0353. The van der Waals surface area contributed by atoms with Crippen LogP contribution in [0.2, 0.25) is 0 Å². The fourth-order valence-corrected chi connectivity index (χ4v) is 3.59. The summed E-state index contributed by atoms with van der Waals surface area (Å²) < 4.78 is 0. The van der Waals surface area contributed by atoms with Crippen LogP contribution in [0.1, 0.15) is 38.7 Å². The number of nitrogens with two attached hydrogens (primary N) is 1. The van der Waals surface area contributed by atoms with Gasteiger partial charge in [0, 0.05) is 6.42 Å². The van der Waals surface area contributed by atoms with Gasteiger partial charge in [-0.05, 0) is 17.9 Å². The van der Waals surface area contributed by atoms with E-state index in [9.17, 15) is 43.8 Å². The molecule has 0 bridgehead atoms. The van der Waals surface area contributed by atoms with Crippen LogP contribution in [0.25, 0.3) is 0 Å². The zero-order valence-corrected chi connectivity index (χ0v) is 22.1. The van der Waals surface area contributed by atoms with Gasteiger partial charge in [-0.1, -0.05) is 44.2 Å². The Balaban J connectivity index is 3.24. The Kier molecular flexibility index (Phi) is 13.8. The van der Waals surface area contributed by atoms with E-state index in [0.29, 0.717) is 5.56 Å². The molecular formula is C25H35N5O10. The van der Waals surface area contributed by atoms with Crippen LogP contribution in [0.15, 0.2) is 30.3 Å². The van der Waals surface area contributed by atoms with Crippen LogP contribution >= 0.6 is 0 Å². The van der Waals surface area contributed by atoms with Gasteiger partial charge in [0.2, 0.25) is 23.6 Å². The van der Waals surface area contributed by atoms with Crippen LogP contribution in [0, 0.1) is 5.92 Å². The van der Waals surface area contributed by atoms with Gasteiger partial charge in [-0.2, -0.15) is 0 Å². The van der Waals surface area contributed by atoms with Crippen LogP contribution in [-0.4, -0.2) is 87.6 Å². The number of carbonyl (C=O) groups is 7. The molecule has 0 saturated carbocycles. The number of hydrogen-bond donors (Lipinski definition) is 8. The van der Waals surface area contributed by atoms with Crippen molar-refractivity contribution in [3.63, 3.8) is 0 Å². The van der Waals surface area contributed by atoms with Crippen molar-refractivity contribution in [2.45, 2.75) is 63.7 Å². The molecule has 0 fully saturated rings. The molecule has 1 rings (SSSR count). The van der Waals surface area contributed by atoms with E-state index in [1.807, 2.05) is 19.2 Å². The molecular weight excluding hydrogens is 530 g/mol. The lowest BCUT2D eigenvalue weighted by Crippen LogP contribution is -2.59. The number of hydrogen-bond acceptors (Lipinski definition) is 8. The number of aliphatic carboxylic acids is 3. The Morgan fingerprint density at radius 1 is 0.700 bits per heavy atom. The molecule has 220 valence electrons. The zero-order valence-electron chi connectivity index (χ0n) is 22.1. The zero-order chi connectivity index (χ0) is 30.4. The van der Waals surface area contributed by atoms with Gasteiger partial charge in [-0.3, -0.25) is 28.8 Å². The highest BCUT2D eigenvalue weighted by Crippen LogP contribution is 2.09. The topological polar surface area (TPSA) is 254 Å². The molecule has 0 radical (unpaired) electrons. The lowest BCUT2D eigenvalue weighted by atomic mass is 10.0. The number of carboxylic acid groups (broad SMARTS) is 3. The Hall–Kier alpha value is -4.53. The standard InChI is InChI=1S/C25H35N5O10/c1-13(2)8-15(27-19(31)12-26)22(36)28-16(9-14-6-4-3-5-7-14)23(37)29-17(10-20(32)33)24(38)30-18(25(39)40)11-21(34)35/h3-7,13,15-18H,8-12,26H2,1-2H3,(H,27,31)(H,28,36)(H,29,37)(H,30,38)(H,32,33)(H,34,35)(H,39,40)/t15-,16-,17-,18-/m0/s1. The Bertz CT molecular complexity index is 1080. The quantitative estimate of drug-likeness (QED) is 0.105. The summed E-state index contributed by atoms with van der Waals surface area (Å²) in [4.78, 5) is 84.7. The minimum atomic E-state index is -1.89. The summed E-state index contributed by atoms with van der Waals surface area (Å²) in [5.41, 5.74) is 5.94. The molecule has 1 aromatic carbocycles. The molecule has 40 heavy (non-hydrogen) atoms. The first-order valence-corrected chi connectivity index (χ1v) is 12.3. The van der Waals surface area contributed by atoms with Gasteiger partial charge in [-0.25, -0.2) is 4.79 Å². The Morgan fingerprint density at radius 2 is 1.18 bits per heavy atom. The van der Waals surface area contributed by atoms with E-state index in [1.165, 1.54) is 0 Å². The van der Waals surface area contributed by atoms with E-state index in [-0.39, 0.29) is 25.3 Å². The molecule has 4 amide bonds. The fraction of sp³-hybridized carbons (Fsp3) is 0.480. The first kappa shape index (κ1) is 33.5. The number of amides is 4. The normalized spacial score (nSPS) is 13.7. The van der Waals surface area contributed by atoms with Gasteiger partial charge in [0.15, 0.2) is 0 Å². The molecule has 0 heterocycles. The second kappa shape index (κ2) is 16.4. The summed E-state index contributed by atoms with van der Waals surface area (Å²) >= 11 is 0. The van der Waals surface area contributed by atoms with E-state index in [0.717, 1.165) is 0 Å². The van der Waals surface area contributed by atoms with Crippen molar-refractivity contribution in [2.75, 3.05) is 6.54 Å². The number of benzene rings is 1. The summed E-state index contributed by atoms with van der Waals surface area (Å²) in [7, 11) is 0. The van der Waals surface area contributed by atoms with Gasteiger partial charge in [0.05, 0.1) is 19.4 Å². The van der Waals surface area contributed by atoms with Crippen LogP contribution in [-0.2, 0) is 40.0 Å². The van der Waals surface area contributed by atoms with Gasteiger partial charge < -0.3 is 42.3 Å². The smallest absolute Gasteiger partial charge is 0.326 e. The molecule has 15 heteroatoms. The van der Waals surface area contributed by atoms with Crippen molar-refractivity contribution >= 4 is 41.5 Å².